The number of amides is 2. The second-order valence-corrected chi connectivity index (χ2v) is 11.0. The zero-order valence-corrected chi connectivity index (χ0v) is 18.4. The Bertz CT molecular complexity index is 391. The van der Waals surface area contributed by atoms with E-state index in [-0.39, 0.29) is 22.8 Å². The molecule has 0 radical (unpaired) electrons. The summed E-state index contributed by atoms with van der Waals surface area (Å²) in [4.78, 5) is 23.3. The lowest BCUT2D eigenvalue weighted by Gasteiger charge is -2.20. The fourth-order valence-electron chi connectivity index (χ4n) is 1.80. The molecule has 0 saturated carbocycles. The molecule has 0 aromatic rings. The van der Waals surface area contributed by atoms with E-state index in [1.807, 2.05) is 0 Å². The molecular formula is C18H37N3O2S2. The van der Waals surface area contributed by atoms with Gasteiger partial charge in [0.15, 0.2) is 0 Å². The molecule has 0 heterocycles. The maximum Gasteiger partial charge on any atom is 0.221 e. The molecule has 0 unspecified atom stereocenters. The van der Waals surface area contributed by atoms with Crippen LogP contribution in [0.5, 0.6) is 0 Å². The highest BCUT2D eigenvalue weighted by Gasteiger charge is 2.12. The molecule has 7 heteroatoms. The van der Waals surface area contributed by atoms with Crippen molar-refractivity contribution in [2.75, 3.05) is 31.1 Å². The van der Waals surface area contributed by atoms with Crippen LogP contribution in [0.1, 0.15) is 60.8 Å². The minimum Gasteiger partial charge on any atom is -0.355 e. The first kappa shape index (κ1) is 24.6. The lowest BCUT2D eigenvalue weighted by molar-refractivity contribution is -0.122. The standard InChI is InChI=1S/C18H37N3O2S2/c1-17(2,3)9-7-15(22)19-11-13-24-25-14-12-20-16(23)8-10-21-18(4,5)6/h21H,7-14H2,1-6H3,(H,19,22)(H,20,23). The Hall–Kier alpha value is -0.400. The summed E-state index contributed by atoms with van der Waals surface area (Å²) in [6.07, 6.45) is 2.01. The van der Waals surface area contributed by atoms with Crippen molar-refractivity contribution in [3.05, 3.63) is 0 Å². The maximum atomic E-state index is 11.7. The first-order chi connectivity index (χ1) is 11.5. The monoisotopic (exact) mass is 391 g/mol. The van der Waals surface area contributed by atoms with Crippen molar-refractivity contribution in [1.82, 2.24) is 16.0 Å². The Balaban J connectivity index is 3.41. The van der Waals surface area contributed by atoms with Crippen molar-refractivity contribution in [2.24, 2.45) is 5.41 Å². The lowest BCUT2D eigenvalue weighted by atomic mass is 9.90. The van der Waals surface area contributed by atoms with Crippen LogP contribution in [-0.4, -0.2) is 48.5 Å². The normalized spacial score (nSPS) is 12.1. The summed E-state index contributed by atoms with van der Waals surface area (Å²) in [6.45, 7) is 14.8. The van der Waals surface area contributed by atoms with Crippen LogP contribution in [0.25, 0.3) is 0 Å². The number of hydrogen-bond donors (Lipinski definition) is 3. The largest absolute Gasteiger partial charge is 0.355 e. The zero-order chi connectivity index (χ0) is 19.3. The quantitative estimate of drug-likeness (QED) is 0.352. The van der Waals surface area contributed by atoms with Crippen molar-refractivity contribution >= 4 is 33.4 Å². The van der Waals surface area contributed by atoms with Gasteiger partial charge >= 0.3 is 0 Å². The minimum absolute atomic E-state index is 0.0505. The summed E-state index contributed by atoms with van der Waals surface area (Å²) >= 11 is 0. The van der Waals surface area contributed by atoms with Gasteiger partial charge in [-0.1, -0.05) is 42.4 Å². The number of nitrogens with one attached hydrogen (secondary N) is 3. The molecule has 0 bridgehead atoms. The van der Waals surface area contributed by atoms with E-state index in [9.17, 15) is 9.59 Å². The van der Waals surface area contributed by atoms with Crippen LogP contribution in [-0.2, 0) is 9.59 Å². The Morgan fingerprint density at radius 2 is 1.24 bits per heavy atom. The van der Waals surface area contributed by atoms with Gasteiger partial charge in [-0.25, -0.2) is 0 Å². The highest BCUT2D eigenvalue weighted by atomic mass is 33.1. The van der Waals surface area contributed by atoms with E-state index < -0.39 is 0 Å². The third-order valence-electron chi connectivity index (χ3n) is 3.21. The van der Waals surface area contributed by atoms with Crippen LogP contribution in [0, 0.1) is 5.41 Å². The molecule has 2 amide bonds. The highest BCUT2D eigenvalue weighted by molar-refractivity contribution is 8.76. The van der Waals surface area contributed by atoms with Gasteiger partial charge in [0.25, 0.3) is 0 Å². The van der Waals surface area contributed by atoms with Gasteiger partial charge in [0.2, 0.25) is 11.8 Å². The van der Waals surface area contributed by atoms with Crippen LogP contribution in [0.4, 0.5) is 0 Å². The maximum absolute atomic E-state index is 11.7. The van der Waals surface area contributed by atoms with Gasteiger partial charge in [-0.3, -0.25) is 9.59 Å². The molecule has 0 aliphatic rings. The lowest BCUT2D eigenvalue weighted by Crippen LogP contribution is -2.38. The summed E-state index contributed by atoms with van der Waals surface area (Å²) in [6, 6.07) is 0. The summed E-state index contributed by atoms with van der Waals surface area (Å²) in [5.74, 6) is 1.99. The Morgan fingerprint density at radius 1 is 0.760 bits per heavy atom. The second kappa shape index (κ2) is 12.9. The molecule has 25 heavy (non-hydrogen) atoms. The third kappa shape index (κ3) is 19.8. The Kier molecular flexibility index (Phi) is 12.7. The van der Waals surface area contributed by atoms with Crippen LogP contribution in [0.15, 0.2) is 0 Å². The molecule has 0 spiro atoms. The number of hydrogen-bond acceptors (Lipinski definition) is 5. The van der Waals surface area contributed by atoms with E-state index in [1.54, 1.807) is 21.6 Å². The van der Waals surface area contributed by atoms with E-state index in [2.05, 4.69) is 57.5 Å². The molecule has 0 saturated heterocycles. The molecule has 0 atom stereocenters. The first-order valence-corrected chi connectivity index (χ1v) is 11.5. The number of carbonyl (C=O) groups is 2. The molecule has 3 N–H and O–H groups in total. The number of carbonyl (C=O) groups excluding carboxylic acids is 2. The van der Waals surface area contributed by atoms with Gasteiger partial charge in [0.1, 0.15) is 0 Å². The molecule has 0 aliphatic heterocycles. The fourth-order valence-corrected chi connectivity index (χ4v) is 3.61. The third-order valence-corrected chi connectivity index (χ3v) is 5.62. The van der Waals surface area contributed by atoms with E-state index in [0.29, 0.717) is 32.5 Å². The first-order valence-electron chi connectivity index (χ1n) is 9.02. The average Bonchev–Trinajstić information content (AvgIpc) is 2.45. The van der Waals surface area contributed by atoms with Gasteiger partial charge in [-0.05, 0) is 32.6 Å². The smallest absolute Gasteiger partial charge is 0.221 e. The van der Waals surface area contributed by atoms with Crippen LogP contribution in [0.2, 0.25) is 0 Å². The molecule has 0 aromatic carbocycles. The van der Waals surface area contributed by atoms with E-state index >= 15 is 0 Å². The van der Waals surface area contributed by atoms with Crippen molar-refractivity contribution in [3.8, 4) is 0 Å². The molecule has 0 aromatic heterocycles. The summed E-state index contributed by atoms with van der Waals surface area (Å²) in [5.41, 5.74) is 0.254. The molecule has 0 aliphatic carbocycles. The molecule has 0 fully saturated rings. The van der Waals surface area contributed by atoms with Crippen molar-refractivity contribution in [1.29, 1.82) is 0 Å². The molecule has 5 nitrogen and oxygen atoms in total. The van der Waals surface area contributed by atoms with Crippen LogP contribution < -0.4 is 16.0 Å². The summed E-state index contributed by atoms with van der Waals surface area (Å²) in [5, 5.41) is 9.17. The molecule has 148 valence electrons. The molecule has 0 rings (SSSR count). The van der Waals surface area contributed by atoms with Crippen LogP contribution >= 0.6 is 21.6 Å². The minimum atomic E-state index is 0.0505. The van der Waals surface area contributed by atoms with E-state index in [0.717, 1.165) is 17.9 Å². The van der Waals surface area contributed by atoms with Crippen molar-refractivity contribution < 1.29 is 9.59 Å². The van der Waals surface area contributed by atoms with Gasteiger partial charge in [-0.15, -0.1) is 0 Å². The SMILES string of the molecule is CC(C)(C)CCC(=O)NCCSSCCNC(=O)CCNC(C)(C)C. The topological polar surface area (TPSA) is 70.2 Å². The fraction of sp³-hybridized carbons (Fsp3) is 0.889. The predicted molar refractivity (Wildman–Crippen MR) is 112 cm³/mol. The van der Waals surface area contributed by atoms with Crippen LogP contribution in [0.3, 0.4) is 0 Å². The zero-order valence-electron chi connectivity index (χ0n) is 16.8. The summed E-state index contributed by atoms with van der Waals surface area (Å²) < 4.78 is 0. The average molecular weight is 392 g/mol. The van der Waals surface area contributed by atoms with Crippen molar-refractivity contribution in [3.63, 3.8) is 0 Å². The highest BCUT2D eigenvalue weighted by Crippen LogP contribution is 2.21. The predicted octanol–water partition coefficient (Wildman–Crippen LogP) is 3.20. The van der Waals surface area contributed by atoms with Gasteiger partial charge < -0.3 is 16.0 Å². The van der Waals surface area contributed by atoms with E-state index in [1.165, 1.54) is 0 Å². The molecular weight excluding hydrogens is 354 g/mol. The number of rotatable bonds is 12. The van der Waals surface area contributed by atoms with Gasteiger partial charge in [-0.2, -0.15) is 0 Å². The van der Waals surface area contributed by atoms with Crippen molar-refractivity contribution in [2.45, 2.75) is 66.3 Å². The Morgan fingerprint density at radius 3 is 1.68 bits per heavy atom. The summed E-state index contributed by atoms with van der Waals surface area (Å²) in [7, 11) is 3.46. The Labute approximate surface area is 162 Å². The van der Waals surface area contributed by atoms with Gasteiger partial charge in [0, 0.05) is 49.5 Å². The van der Waals surface area contributed by atoms with E-state index in [4.69, 9.17) is 0 Å². The second-order valence-electron chi connectivity index (χ2n) is 8.33. The van der Waals surface area contributed by atoms with Gasteiger partial charge in [0.05, 0.1) is 0 Å².